The van der Waals surface area contributed by atoms with Crippen molar-refractivity contribution in [3.63, 3.8) is 0 Å². The highest BCUT2D eigenvalue weighted by Gasteiger charge is 2.46. The molecule has 0 aliphatic carbocycles. The van der Waals surface area contributed by atoms with Gasteiger partial charge in [-0.1, -0.05) is 36.4 Å². The van der Waals surface area contributed by atoms with Crippen molar-refractivity contribution < 1.29 is 28.6 Å². The monoisotopic (exact) mass is 538 g/mol. The van der Waals surface area contributed by atoms with Crippen LogP contribution in [0.5, 0.6) is 11.5 Å². The molecule has 1 amide bonds. The van der Waals surface area contributed by atoms with E-state index >= 15 is 0 Å². The third kappa shape index (κ3) is 5.56. The number of aromatic nitrogens is 1. The zero-order valence-corrected chi connectivity index (χ0v) is 21.8. The SMILES string of the molecule is CCOc1cc(C2/C(=C(\O)c3ccc(F)cc3)C(=O)C(=O)N2Cc2ccncc2)ccc1OCc1ccccc1. The third-order valence-electron chi connectivity index (χ3n) is 6.58. The Bertz CT molecular complexity index is 1540. The van der Waals surface area contributed by atoms with Crippen LogP contribution in [0.15, 0.2) is 103 Å². The average Bonchev–Trinajstić information content (AvgIpc) is 3.22. The summed E-state index contributed by atoms with van der Waals surface area (Å²) in [4.78, 5) is 32.1. The molecule has 8 heteroatoms. The number of pyridine rings is 1. The molecule has 1 atom stereocenters. The molecule has 0 bridgehead atoms. The van der Waals surface area contributed by atoms with E-state index in [1.165, 1.54) is 29.2 Å². The first-order valence-electron chi connectivity index (χ1n) is 12.8. The molecule has 1 N–H and O–H groups in total. The quantitative estimate of drug-likeness (QED) is 0.164. The minimum Gasteiger partial charge on any atom is -0.507 e. The predicted molar refractivity (Wildman–Crippen MR) is 147 cm³/mol. The normalized spacial score (nSPS) is 16.2. The Morgan fingerprint density at radius 3 is 2.33 bits per heavy atom. The van der Waals surface area contributed by atoms with Gasteiger partial charge in [0.15, 0.2) is 11.5 Å². The van der Waals surface area contributed by atoms with Crippen LogP contribution in [0.1, 0.15) is 35.2 Å². The zero-order valence-electron chi connectivity index (χ0n) is 21.8. The van der Waals surface area contributed by atoms with E-state index in [-0.39, 0.29) is 23.4 Å². The van der Waals surface area contributed by atoms with Gasteiger partial charge in [-0.05, 0) is 72.1 Å². The summed E-state index contributed by atoms with van der Waals surface area (Å²) in [7, 11) is 0. The maximum absolute atomic E-state index is 13.6. The van der Waals surface area contributed by atoms with E-state index in [4.69, 9.17) is 9.47 Å². The second-order valence-electron chi connectivity index (χ2n) is 9.20. The fourth-order valence-electron chi connectivity index (χ4n) is 4.66. The Morgan fingerprint density at radius 1 is 0.900 bits per heavy atom. The molecule has 4 aromatic rings. The van der Waals surface area contributed by atoms with E-state index < -0.39 is 23.5 Å². The first kappa shape index (κ1) is 26.6. The summed E-state index contributed by atoms with van der Waals surface area (Å²) < 4.78 is 25.5. The van der Waals surface area contributed by atoms with Crippen LogP contribution < -0.4 is 9.47 Å². The van der Waals surface area contributed by atoms with Crippen molar-refractivity contribution in [1.29, 1.82) is 0 Å². The second kappa shape index (κ2) is 11.8. The first-order valence-corrected chi connectivity index (χ1v) is 12.8. The van der Waals surface area contributed by atoms with Crippen LogP contribution in [0.25, 0.3) is 5.76 Å². The summed E-state index contributed by atoms with van der Waals surface area (Å²) in [5, 5.41) is 11.2. The molecule has 1 aliphatic heterocycles. The van der Waals surface area contributed by atoms with Gasteiger partial charge in [-0.25, -0.2) is 4.39 Å². The number of halogens is 1. The lowest BCUT2D eigenvalue weighted by Crippen LogP contribution is -2.29. The van der Waals surface area contributed by atoms with Gasteiger partial charge in [0.2, 0.25) is 0 Å². The number of nitrogens with zero attached hydrogens (tertiary/aromatic N) is 2. The van der Waals surface area contributed by atoms with Gasteiger partial charge >= 0.3 is 0 Å². The lowest BCUT2D eigenvalue weighted by molar-refractivity contribution is -0.140. The van der Waals surface area contributed by atoms with Crippen LogP contribution in [0.2, 0.25) is 0 Å². The van der Waals surface area contributed by atoms with E-state index in [1.54, 1.807) is 42.7 Å². The number of likely N-dealkylation sites (tertiary alicyclic amines) is 1. The minimum absolute atomic E-state index is 0.0916. The summed E-state index contributed by atoms with van der Waals surface area (Å²) in [6, 6.07) is 22.6. The summed E-state index contributed by atoms with van der Waals surface area (Å²) in [5.74, 6) is -1.52. The Hall–Kier alpha value is -4.98. The van der Waals surface area contributed by atoms with Gasteiger partial charge < -0.3 is 19.5 Å². The lowest BCUT2D eigenvalue weighted by Gasteiger charge is -2.26. The van der Waals surface area contributed by atoms with E-state index in [2.05, 4.69) is 4.98 Å². The van der Waals surface area contributed by atoms with Crippen LogP contribution in [-0.2, 0) is 22.7 Å². The van der Waals surface area contributed by atoms with E-state index in [0.29, 0.717) is 30.3 Å². The molecule has 0 spiro atoms. The van der Waals surface area contributed by atoms with Crippen LogP contribution in [0.3, 0.4) is 0 Å². The smallest absolute Gasteiger partial charge is 0.295 e. The lowest BCUT2D eigenvalue weighted by atomic mass is 9.94. The largest absolute Gasteiger partial charge is 0.507 e. The molecule has 2 heterocycles. The summed E-state index contributed by atoms with van der Waals surface area (Å²) in [6.07, 6.45) is 3.21. The molecular weight excluding hydrogens is 511 g/mol. The predicted octanol–water partition coefficient (Wildman–Crippen LogP) is 5.82. The molecule has 1 saturated heterocycles. The van der Waals surface area contributed by atoms with Crippen molar-refractivity contribution in [2.75, 3.05) is 6.61 Å². The molecule has 202 valence electrons. The number of ether oxygens (including phenoxy) is 2. The Kier molecular flexibility index (Phi) is 7.87. The molecule has 7 nitrogen and oxygen atoms in total. The molecule has 3 aromatic carbocycles. The number of carbonyl (C=O) groups excluding carboxylic acids is 2. The zero-order chi connectivity index (χ0) is 28.1. The van der Waals surface area contributed by atoms with Crippen molar-refractivity contribution in [2.24, 2.45) is 0 Å². The fourth-order valence-corrected chi connectivity index (χ4v) is 4.66. The maximum Gasteiger partial charge on any atom is 0.295 e. The molecule has 1 aliphatic rings. The van der Waals surface area contributed by atoms with Crippen LogP contribution in [0, 0.1) is 5.82 Å². The van der Waals surface area contributed by atoms with E-state index in [9.17, 15) is 19.1 Å². The van der Waals surface area contributed by atoms with Gasteiger partial charge in [0.05, 0.1) is 18.2 Å². The molecule has 40 heavy (non-hydrogen) atoms. The van der Waals surface area contributed by atoms with Crippen LogP contribution in [0.4, 0.5) is 4.39 Å². The number of carbonyl (C=O) groups is 2. The summed E-state index contributed by atoms with van der Waals surface area (Å²) >= 11 is 0. The van der Waals surface area contributed by atoms with Gasteiger partial charge in [-0.3, -0.25) is 14.6 Å². The maximum atomic E-state index is 13.6. The number of amides is 1. The molecular formula is C32H27FN2O5. The van der Waals surface area contributed by atoms with Crippen molar-refractivity contribution in [2.45, 2.75) is 26.1 Å². The summed E-state index contributed by atoms with van der Waals surface area (Å²) in [5.41, 5.74) is 2.43. The van der Waals surface area contributed by atoms with Gasteiger partial charge in [0.25, 0.3) is 11.7 Å². The number of Topliss-reactive ketones (excluding diaryl/α,β-unsaturated/α-hetero) is 1. The highest BCUT2D eigenvalue weighted by molar-refractivity contribution is 6.46. The van der Waals surface area contributed by atoms with Gasteiger partial charge in [0, 0.05) is 24.5 Å². The summed E-state index contributed by atoms with van der Waals surface area (Å²) in [6.45, 7) is 2.63. The standard InChI is InChI=1S/C32H27FN2O5/c1-2-39-27-18-24(10-13-26(27)40-20-22-6-4-3-5-7-22)29-28(30(36)23-8-11-25(33)12-9-23)31(37)32(38)35(29)19-21-14-16-34-17-15-21/h3-18,29,36H,2,19-20H2,1H3/b30-28+. The Balaban J connectivity index is 1.58. The second-order valence-corrected chi connectivity index (χ2v) is 9.20. The highest BCUT2D eigenvalue weighted by atomic mass is 19.1. The highest BCUT2D eigenvalue weighted by Crippen LogP contribution is 2.43. The number of ketones is 1. The van der Waals surface area contributed by atoms with E-state index in [0.717, 1.165) is 11.1 Å². The average molecular weight is 539 g/mol. The number of hydrogen-bond acceptors (Lipinski definition) is 6. The van der Waals surface area contributed by atoms with Crippen molar-refractivity contribution >= 4 is 17.4 Å². The van der Waals surface area contributed by atoms with Crippen LogP contribution >= 0.6 is 0 Å². The van der Waals surface area contributed by atoms with Crippen molar-refractivity contribution in [1.82, 2.24) is 9.88 Å². The fraction of sp³-hybridized carbons (Fsp3) is 0.156. The molecule has 0 radical (unpaired) electrons. The number of aliphatic hydroxyl groups excluding tert-OH is 1. The number of benzene rings is 3. The number of hydrogen-bond donors (Lipinski definition) is 1. The van der Waals surface area contributed by atoms with Crippen molar-refractivity contribution in [3.05, 3.63) is 131 Å². The minimum atomic E-state index is -0.930. The van der Waals surface area contributed by atoms with Crippen molar-refractivity contribution in [3.8, 4) is 11.5 Å². The van der Waals surface area contributed by atoms with Gasteiger partial charge in [0.1, 0.15) is 18.2 Å². The first-order chi connectivity index (χ1) is 19.5. The molecule has 1 fully saturated rings. The molecule has 1 aromatic heterocycles. The molecule has 1 unspecified atom stereocenters. The molecule has 0 saturated carbocycles. The van der Waals surface area contributed by atoms with Gasteiger partial charge in [-0.15, -0.1) is 0 Å². The molecule has 5 rings (SSSR count). The topological polar surface area (TPSA) is 89.0 Å². The van der Waals surface area contributed by atoms with E-state index in [1.807, 2.05) is 37.3 Å². The Labute approximate surface area is 231 Å². The number of aliphatic hydroxyl groups is 1. The van der Waals surface area contributed by atoms with Gasteiger partial charge in [-0.2, -0.15) is 0 Å². The van der Waals surface area contributed by atoms with Crippen LogP contribution in [-0.4, -0.2) is 33.3 Å². The Morgan fingerprint density at radius 2 is 1.62 bits per heavy atom. The number of rotatable bonds is 9. The third-order valence-corrected chi connectivity index (χ3v) is 6.58.